The minimum absolute atomic E-state index is 0.238. The van der Waals surface area contributed by atoms with Crippen LogP contribution in [0.3, 0.4) is 0 Å². The van der Waals surface area contributed by atoms with Crippen molar-refractivity contribution in [2.75, 3.05) is 6.54 Å². The molecule has 0 spiro atoms. The Labute approximate surface area is 126 Å². The van der Waals surface area contributed by atoms with E-state index >= 15 is 0 Å². The molecule has 1 aliphatic heterocycles. The van der Waals surface area contributed by atoms with Crippen LogP contribution >= 0.6 is 0 Å². The summed E-state index contributed by atoms with van der Waals surface area (Å²) in [4.78, 5) is 12.7. The Hall–Kier alpha value is -1.93. The zero-order valence-corrected chi connectivity index (χ0v) is 12.7. The summed E-state index contributed by atoms with van der Waals surface area (Å²) in [6.45, 7) is 5.98. The van der Waals surface area contributed by atoms with E-state index < -0.39 is 0 Å². The molecule has 108 valence electrons. The van der Waals surface area contributed by atoms with Crippen LogP contribution in [0.5, 0.6) is 0 Å². The number of fused-ring (bicyclic) bond motifs is 1. The van der Waals surface area contributed by atoms with Gasteiger partial charge in [0.05, 0.1) is 0 Å². The molecule has 1 aliphatic rings. The van der Waals surface area contributed by atoms with E-state index in [1.807, 2.05) is 12.1 Å². The van der Waals surface area contributed by atoms with E-state index in [0.717, 1.165) is 30.6 Å². The molecule has 2 heteroatoms. The molecule has 21 heavy (non-hydrogen) atoms. The second-order valence-electron chi connectivity index (χ2n) is 5.90. The molecule has 0 aromatic heterocycles. The lowest BCUT2D eigenvalue weighted by molar-refractivity contribution is 0.0991. The maximum Gasteiger partial charge on any atom is 0.167 e. The zero-order chi connectivity index (χ0) is 14.8. The Balaban J connectivity index is 1.91. The summed E-state index contributed by atoms with van der Waals surface area (Å²) in [5.41, 5.74) is 6.98. The Kier molecular flexibility index (Phi) is 3.89. The normalized spacial score (nSPS) is 13.8. The standard InChI is InChI=1S/C19H21NO/c1-13-6-7-14(2)16(10-13)11-19(21)18-5-3-4-15-12-20-9-8-17(15)18/h3-7,10,20H,8-9,11-12H2,1-2H3. The SMILES string of the molecule is Cc1ccc(C)c(CC(=O)c2cccc3c2CCNC3)c1. The van der Waals surface area contributed by atoms with Gasteiger partial charge in [0.1, 0.15) is 0 Å². The maximum atomic E-state index is 12.7. The lowest BCUT2D eigenvalue weighted by Gasteiger charge is -2.20. The van der Waals surface area contributed by atoms with Crippen molar-refractivity contribution < 1.29 is 4.79 Å². The number of rotatable bonds is 3. The number of aryl methyl sites for hydroxylation is 2. The Morgan fingerprint density at radius 2 is 2.05 bits per heavy atom. The first kappa shape index (κ1) is 14.0. The molecule has 0 radical (unpaired) electrons. The van der Waals surface area contributed by atoms with Crippen LogP contribution in [0.1, 0.15) is 38.2 Å². The number of nitrogens with one attached hydrogen (secondary N) is 1. The number of benzene rings is 2. The minimum atomic E-state index is 0.238. The number of Topliss-reactive ketones (excluding diaryl/α,β-unsaturated/α-hetero) is 1. The highest BCUT2D eigenvalue weighted by Gasteiger charge is 2.17. The summed E-state index contributed by atoms with van der Waals surface area (Å²) < 4.78 is 0. The third-order valence-electron chi connectivity index (χ3n) is 4.30. The molecule has 1 N–H and O–H groups in total. The Morgan fingerprint density at radius 1 is 1.19 bits per heavy atom. The van der Waals surface area contributed by atoms with Crippen LogP contribution in [0.25, 0.3) is 0 Å². The second kappa shape index (κ2) is 5.82. The van der Waals surface area contributed by atoms with E-state index in [2.05, 4.69) is 43.4 Å². The molecule has 2 aromatic rings. The number of ketones is 1. The number of carbonyl (C=O) groups excluding carboxylic acids is 1. The van der Waals surface area contributed by atoms with Crippen molar-refractivity contribution in [3.63, 3.8) is 0 Å². The molecular weight excluding hydrogens is 258 g/mol. The monoisotopic (exact) mass is 279 g/mol. The van der Waals surface area contributed by atoms with Crippen molar-refractivity contribution in [1.29, 1.82) is 0 Å². The lowest BCUT2D eigenvalue weighted by atomic mass is 9.90. The predicted octanol–water partition coefficient (Wildman–Crippen LogP) is 3.37. The summed E-state index contributed by atoms with van der Waals surface area (Å²) in [6.07, 6.45) is 1.45. The molecule has 2 aromatic carbocycles. The predicted molar refractivity (Wildman–Crippen MR) is 85.8 cm³/mol. The van der Waals surface area contributed by atoms with E-state index in [1.54, 1.807) is 0 Å². The van der Waals surface area contributed by atoms with E-state index in [4.69, 9.17) is 0 Å². The van der Waals surface area contributed by atoms with Gasteiger partial charge in [0.25, 0.3) is 0 Å². The summed E-state index contributed by atoms with van der Waals surface area (Å²) in [5.74, 6) is 0.238. The van der Waals surface area contributed by atoms with Gasteiger partial charge < -0.3 is 5.32 Å². The number of carbonyl (C=O) groups is 1. The van der Waals surface area contributed by atoms with Gasteiger partial charge in [-0.05, 0) is 49.1 Å². The van der Waals surface area contributed by atoms with Gasteiger partial charge in [-0.15, -0.1) is 0 Å². The first-order valence-electron chi connectivity index (χ1n) is 7.56. The molecule has 0 aliphatic carbocycles. The van der Waals surface area contributed by atoms with Gasteiger partial charge in [-0.2, -0.15) is 0 Å². The fourth-order valence-electron chi connectivity index (χ4n) is 3.05. The molecule has 0 fully saturated rings. The van der Waals surface area contributed by atoms with Gasteiger partial charge in [-0.1, -0.05) is 42.0 Å². The van der Waals surface area contributed by atoms with Crippen molar-refractivity contribution in [2.24, 2.45) is 0 Å². The highest BCUT2D eigenvalue weighted by atomic mass is 16.1. The van der Waals surface area contributed by atoms with Crippen LogP contribution in [0, 0.1) is 13.8 Å². The summed E-state index contributed by atoms with van der Waals surface area (Å²) in [7, 11) is 0. The van der Waals surface area contributed by atoms with Gasteiger partial charge in [-0.3, -0.25) is 4.79 Å². The minimum Gasteiger partial charge on any atom is -0.312 e. The van der Waals surface area contributed by atoms with Gasteiger partial charge >= 0.3 is 0 Å². The van der Waals surface area contributed by atoms with Gasteiger partial charge in [0.2, 0.25) is 0 Å². The quantitative estimate of drug-likeness (QED) is 0.873. The first-order valence-corrected chi connectivity index (χ1v) is 7.56. The average molecular weight is 279 g/mol. The molecule has 0 amide bonds. The smallest absolute Gasteiger partial charge is 0.167 e. The maximum absolute atomic E-state index is 12.7. The largest absolute Gasteiger partial charge is 0.312 e. The molecule has 3 rings (SSSR count). The highest BCUT2D eigenvalue weighted by Crippen LogP contribution is 2.21. The van der Waals surface area contributed by atoms with Crippen LogP contribution in [-0.4, -0.2) is 12.3 Å². The van der Waals surface area contributed by atoms with Crippen molar-refractivity contribution in [2.45, 2.75) is 33.2 Å². The third-order valence-corrected chi connectivity index (χ3v) is 4.30. The first-order chi connectivity index (χ1) is 10.1. The number of hydrogen-bond donors (Lipinski definition) is 1. The molecule has 0 saturated carbocycles. The molecule has 0 unspecified atom stereocenters. The average Bonchev–Trinajstić information content (AvgIpc) is 2.50. The van der Waals surface area contributed by atoms with Gasteiger partial charge in [0, 0.05) is 18.5 Å². The van der Waals surface area contributed by atoms with Crippen LogP contribution < -0.4 is 5.32 Å². The van der Waals surface area contributed by atoms with Gasteiger partial charge in [0.15, 0.2) is 5.78 Å². The topological polar surface area (TPSA) is 29.1 Å². The summed E-state index contributed by atoms with van der Waals surface area (Å²) in [6, 6.07) is 12.4. The molecular formula is C19H21NO. The van der Waals surface area contributed by atoms with E-state index in [1.165, 1.54) is 22.3 Å². The Morgan fingerprint density at radius 3 is 2.90 bits per heavy atom. The molecule has 2 nitrogen and oxygen atoms in total. The fraction of sp³-hybridized carbons (Fsp3) is 0.316. The fourth-order valence-corrected chi connectivity index (χ4v) is 3.05. The van der Waals surface area contributed by atoms with Crippen molar-refractivity contribution >= 4 is 5.78 Å². The van der Waals surface area contributed by atoms with Crippen LogP contribution in [0.15, 0.2) is 36.4 Å². The lowest BCUT2D eigenvalue weighted by Crippen LogP contribution is -2.25. The van der Waals surface area contributed by atoms with Crippen LogP contribution in [0.4, 0.5) is 0 Å². The zero-order valence-electron chi connectivity index (χ0n) is 12.7. The van der Waals surface area contributed by atoms with E-state index in [0.29, 0.717) is 6.42 Å². The van der Waals surface area contributed by atoms with E-state index in [-0.39, 0.29) is 5.78 Å². The molecule has 0 bridgehead atoms. The second-order valence-corrected chi connectivity index (χ2v) is 5.90. The van der Waals surface area contributed by atoms with Crippen molar-refractivity contribution in [1.82, 2.24) is 5.32 Å². The third kappa shape index (κ3) is 2.91. The molecule has 1 heterocycles. The van der Waals surface area contributed by atoms with Crippen molar-refractivity contribution in [3.05, 3.63) is 69.8 Å². The van der Waals surface area contributed by atoms with Crippen LogP contribution in [0.2, 0.25) is 0 Å². The highest BCUT2D eigenvalue weighted by molar-refractivity contribution is 5.99. The Bertz CT molecular complexity index is 688. The summed E-state index contributed by atoms with van der Waals surface area (Å²) in [5, 5.41) is 3.36. The molecule has 0 saturated heterocycles. The van der Waals surface area contributed by atoms with Gasteiger partial charge in [-0.25, -0.2) is 0 Å². The summed E-state index contributed by atoms with van der Waals surface area (Å²) >= 11 is 0. The van der Waals surface area contributed by atoms with Crippen molar-refractivity contribution in [3.8, 4) is 0 Å². The van der Waals surface area contributed by atoms with E-state index in [9.17, 15) is 4.79 Å². The van der Waals surface area contributed by atoms with Crippen LogP contribution in [-0.2, 0) is 19.4 Å². The number of hydrogen-bond acceptors (Lipinski definition) is 2. The molecule has 0 atom stereocenters.